The van der Waals surface area contributed by atoms with Gasteiger partial charge in [0.2, 0.25) is 0 Å². The summed E-state index contributed by atoms with van der Waals surface area (Å²) < 4.78 is 5.73. The van der Waals surface area contributed by atoms with Crippen molar-refractivity contribution in [2.45, 2.75) is 13.0 Å². The van der Waals surface area contributed by atoms with E-state index in [0.717, 1.165) is 15.6 Å². The van der Waals surface area contributed by atoms with E-state index in [2.05, 4.69) is 25.8 Å². The third kappa shape index (κ3) is 4.51. The number of aromatic amines is 1. The van der Waals surface area contributed by atoms with Crippen molar-refractivity contribution in [1.29, 1.82) is 0 Å². The molecule has 0 spiro atoms. The molecule has 0 unspecified atom stereocenters. The fourth-order valence-electron chi connectivity index (χ4n) is 3.22. The molecule has 0 saturated carbocycles. The number of nitrogens with zero attached hydrogens (tertiary/aromatic N) is 2. The first kappa shape index (κ1) is 19.4. The zero-order valence-corrected chi connectivity index (χ0v) is 16.7. The molecule has 1 aliphatic rings. The van der Waals surface area contributed by atoms with Crippen LogP contribution in [0.25, 0.3) is 0 Å². The molecule has 144 valence electrons. The Bertz CT molecular complexity index is 875. The van der Waals surface area contributed by atoms with Crippen molar-refractivity contribution >= 4 is 22.0 Å². The van der Waals surface area contributed by atoms with E-state index >= 15 is 0 Å². The Kier molecular flexibility index (Phi) is 6.18. The van der Waals surface area contributed by atoms with Crippen LogP contribution < -0.4 is 5.56 Å². The number of hydrogen-bond donors (Lipinski definition) is 2. The van der Waals surface area contributed by atoms with Crippen molar-refractivity contribution in [2.75, 3.05) is 33.3 Å². The van der Waals surface area contributed by atoms with Gasteiger partial charge in [-0.3, -0.25) is 9.69 Å². The second kappa shape index (κ2) is 8.58. The molecule has 8 heteroatoms. The quantitative estimate of drug-likeness (QED) is 0.769. The summed E-state index contributed by atoms with van der Waals surface area (Å²) in [6.45, 7) is 2.85. The Morgan fingerprint density at radius 1 is 1.22 bits per heavy atom. The molecule has 1 aromatic heterocycles. The van der Waals surface area contributed by atoms with Gasteiger partial charge in [0.25, 0.3) is 5.56 Å². The molecule has 0 atom stereocenters. The molecule has 1 saturated heterocycles. The molecule has 1 fully saturated rings. The zero-order chi connectivity index (χ0) is 19.4. The molecule has 1 aromatic carbocycles. The first-order valence-corrected chi connectivity index (χ1v) is 9.50. The van der Waals surface area contributed by atoms with E-state index in [0.29, 0.717) is 44.7 Å². The minimum atomic E-state index is -0.492. The van der Waals surface area contributed by atoms with Gasteiger partial charge >= 0.3 is 6.09 Å². The van der Waals surface area contributed by atoms with Gasteiger partial charge in [0, 0.05) is 55.4 Å². The standard InChI is InChI=1S/C19H22BrN3O4/c1-27-19(26)23-8-6-22(7-9-23)12-15-14(11-21-18(25)17(15)24)10-13-4-2-3-5-16(13)20/h2-5,11,24H,6-10,12H2,1H3,(H,21,25). The molecule has 0 aliphatic carbocycles. The van der Waals surface area contributed by atoms with Gasteiger partial charge in [-0.1, -0.05) is 34.1 Å². The number of rotatable bonds is 4. The van der Waals surface area contributed by atoms with Crippen molar-refractivity contribution in [3.05, 3.63) is 62.0 Å². The van der Waals surface area contributed by atoms with Crippen LogP contribution >= 0.6 is 15.9 Å². The molecule has 27 heavy (non-hydrogen) atoms. The first-order chi connectivity index (χ1) is 13.0. The number of pyridine rings is 1. The first-order valence-electron chi connectivity index (χ1n) is 8.70. The lowest BCUT2D eigenvalue weighted by Gasteiger charge is -2.34. The number of aromatic nitrogens is 1. The maximum absolute atomic E-state index is 11.9. The lowest BCUT2D eigenvalue weighted by atomic mass is 10.0. The lowest BCUT2D eigenvalue weighted by molar-refractivity contribution is 0.0885. The molecule has 2 aromatic rings. The van der Waals surface area contributed by atoms with Crippen molar-refractivity contribution in [3.63, 3.8) is 0 Å². The van der Waals surface area contributed by atoms with E-state index in [1.807, 2.05) is 24.3 Å². The zero-order valence-electron chi connectivity index (χ0n) is 15.1. The van der Waals surface area contributed by atoms with Crippen LogP contribution in [0.2, 0.25) is 0 Å². The fraction of sp³-hybridized carbons (Fsp3) is 0.368. The van der Waals surface area contributed by atoms with E-state index < -0.39 is 5.56 Å². The summed E-state index contributed by atoms with van der Waals surface area (Å²) in [4.78, 5) is 29.9. The van der Waals surface area contributed by atoms with E-state index in [4.69, 9.17) is 4.74 Å². The van der Waals surface area contributed by atoms with Gasteiger partial charge in [-0.25, -0.2) is 4.79 Å². The van der Waals surface area contributed by atoms with Crippen LogP contribution in [-0.4, -0.2) is 59.3 Å². The molecular formula is C19H22BrN3O4. The number of amides is 1. The number of hydrogen-bond acceptors (Lipinski definition) is 5. The largest absolute Gasteiger partial charge is 0.503 e. The minimum absolute atomic E-state index is 0.241. The number of benzene rings is 1. The topological polar surface area (TPSA) is 85.9 Å². The van der Waals surface area contributed by atoms with Crippen molar-refractivity contribution in [2.24, 2.45) is 0 Å². The number of nitrogens with one attached hydrogen (secondary N) is 1. The van der Waals surface area contributed by atoms with Gasteiger partial charge < -0.3 is 19.7 Å². The van der Waals surface area contributed by atoms with Gasteiger partial charge in [-0.05, 0) is 17.2 Å². The molecule has 0 bridgehead atoms. The van der Waals surface area contributed by atoms with E-state index in [-0.39, 0.29) is 11.8 Å². The Morgan fingerprint density at radius 2 is 1.93 bits per heavy atom. The van der Waals surface area contributed by atoms with Crippen LogP contribution in [0.3, 0.4) is 0 Å². The van der Waals surface area contributed by atoms with Crippen LogP contribution in [0.4, 0.5) is 4.79 Å². The van der Waals surface area contributed by atoms with Crippen LogP contribution in [0.1, 0.15) is 16.7 Å². The number of H-pyrrole nitrogens is 1. The summed E-state index contributed by atoms with van der Waals surface area (Å²) in [5, 5.41) is 10.4. The van der Waals surface area contributed by atoms with Crippen LogP contribution in [0.15, 0.2) is 39.7 Å². The Labute approximate surface area is 165 Å². The fourth-order valence-corrected chi connectivity index (χ4v) is 3.64. The van der Waals surface area contributed by atoms with E-state index in [1.165, 1.54) is 7.11 Å². The average Bonchev–Trinajstić information content (AvgIpc) is 2.69. The molecule has 1 aliphatic heterocycles. The number of methoxy groups -OCH3 is 1. The highest BCUT2D eigenvalue weighted by Crippen LogP contribution is 2.25. The summed E-state index contributed by atoms with van der Waals surface area (Å²) in [6.07, 6.45) is 1.92. The van der Waals surface area contributed by atoms with Gasteiger partial charge in [0.05, 0.1) is 7.11 Å². The smallest absolute Gasteiger partial charge is 0.409 e. The molecule has 7 nitrogen and oxygen atoms in total. The number of halogens is 1. The average molecular weight is 436 g/mol. The summed E-state index contributed by atoms with van der Waals surface area (Å²) in [5.74, 6) is -0.241. The Morgan fingerprint density at radius 3 is 2.59 bits per heavy atom. The summed E-state index contributed by atoms with van der Waals surface area (Å²) >= 11 is 3.54. The SMILES string of the molecule is COC(=O)N1CCN(Cc2c(Cc3ccccc3Br)c[nH]c(=O)c2O)CC1. The number of carbonyl (C=O) groups excluding carboxylic acids is 1. The lowest BCUT2D eigenvalue weighted by Crippen LogP contribution is -2.48. The molecule has 0 radical (unpaired) electrons. The third-order valence-electron chi connectivity index (χ3n) is 4.79. The predicted molar refractivity (Wildman–Crippen MR) is 105 cm³/mol. The van der Waals surface area contributed by atoms with Crippen LogP contribution in [0, 0.1) is 0 Å². The van der Waals surface area contributed by atoms with Crippen molar-refractivity contribution in [1.82, 2.24) is 14.8 Å². The van der Waals surface area contributed by atoms with Gasteiger partial charge in [-0.2, -0.15) is 0 Å². The second-order valence-electron chi connectivity index (χ2n) is 6.47. The Hall–Kier alpha value is -2.32. The summed E-state index contributed by atoms with van der Waals surface area (Å²) in [6, 6.07) is 7.87. The minimum Gasteiger partial charge on any atom is -0.503 e. The van der Waals surface area contributed by atoms with Crippen LogP contribution in [0.5, 0.6) is 5.75 Å². The van der Waals surface area contributed by atoms with Gasteiger partial charge in [-0.15, -0.1) is 0 Å². The maximum atomic E-state index is 11.9. The molecule has 1 amide bonds. The number of carbonyl (C=O) groups is 1. The van der Waals surface area contributed by atoms with Gasteiger partial charge in [0.1, 0.15) is 0 Å². The number of piperazine rings is 1. The predicted octanol–water partition coefficient (Wildman–Crippen LogP) is 2.32. The Balaban J connectivity index is 1.79. The van der Waals surface area contributed by atoms with Gasteiger partial charge in [0.15, 0.2) is 5.75 Å². The highest BCUT2D eigenvalue weighted by atomic mass is 79.9. The maximum Gasteiger partial charge on any atom is 0.409 e. The van der Waals surface area contributed by atoms with Crippen LogP contribution in [-0.2, 0) is 17.7 Å². The summed E-state index contributed by atoms with van der Waals surface area (Å²) in [5.41, 5.74) is 2.07. The van der Waals surface area contributed by atoms with Crippen molar-refractivity contribution in [3.8, 4) is 5.75 Å². The van der Waals surface area contributed by atoms with Crippen molar-refractivity contribution < 1.29 is 14.6 Å². The molecule has 3 rings (SSSR count). The molecule has 2 N–H and O–H groups in total. The second-order valence-corrected chi connectivity index (χ2v) is 7.33. The van der Waals surface area contributed by atoms with E-state index in [1.54, 1.807) is 11.1 Å². The molecular weight excluding hydrogens is 414 g/mol. The third-order valence-corrected chi connectivity index (χ3v) is 5.57. The number of ether oxygens (including phenoxy) is 1. The van der Waals surface area contributed by atoms with E-state index in [9.17, 15) is 14.7 Å². The highest BCUT2D eigenvalue weighted by Gasteiger charge is 2.23. The number of aromatic hydroxyl groups is 1. The normalized spacial score (nSPS) is 15.0. The monoisotopic (exact) mass is 435 g/mol. The molecule has 2 heterocycles. The highest BCUT2D eigenvalue weighted by molar-refractivity contribution is 9.10. The summed E-state index contributed by atoms with van der Waals surface area (Å²) in [7, 11) is 1.37.